The molecule has 5 rings (SSSR count). The summed E-state index contributed by atoms with van der Waals surface area (Å²) in [6, 6.07) is 5.57. The van der Waals surface area contributed by atoms with E-state index >= 15 is 0 Å². The number of halogens is 2. The molecule has 0 spiro atoms. The van der Waals surface area contributed by atoms with Crippen LogP contribution in [0.4, 0.5) is 4.39 Å². The zero-order chi connectivity index (χ0) is 18.4. The van der Waals surface area contributed by atoms with Gasteiger partial charge in [0.25, 0.3) is 0 Å². The molecule has 4 aliphatic rings. The second kappa shape index (κ2) is 6.74. The van der Waals surface area contributed by atoms with E-state index in [1.807, 2.05) is 0 Å². The van der Waals surface area contributed by atoms with Crippen LogP contribution in [-0.4, -0.2) is 22.7 Å². The molecule has 3 nitrogen and oxygen atoms in total. The van der Waals surface area contributed by atoms with Gasteiger partial charge < -0.3 is 4.74 Å². The Balaban J connectivity index is 1.28. The number of esters is 1. The summed E-state index contributed by atoms with van der Waals surface area (Å²) in [6.07, 6.45) is 7.25. The second-order valence-corrected chi connectivity index (χ2v) is 10.2. The van der Waals surface area contributed by atoms with Gasteiger partial charge in [0, 0.05) is 16.3 Å². The smallest absolute Gasteiger partial charge is 0.312 e. The first-order valence-corrected chi connectivity index (χ1v) is 10.3. The molecular formula is C21H24BrFO3. The number of carbonyl (C=O) groups is 2. The summed E-state index contributed by atoms with van der Waals surface area (Å²) in [4.78, 5) is 24.9. The lowest BCUT2D eigenvalue weighted by Gasteiger charge is -2.58. The summed E-state index contributed by atoms with van der Waals surface area (Å²) in [5, 5.41) is 0. The number of hydrogen-bond donors (Lipinski definition) is 0. The Morgan fingerprint density at radius 2 is 1.77 bits per heavy atom. The second-order valence-electron chi connectivity index (χ2n) is 8.56. The Hall–Kier alpha value is -1.23. The summed E-state index contributed by atoms with van der Waals surface area (Å²) in [6.45, 7) is 0.276. The number of alkyl halides is 1. The zero-order valence-electron chi connectivity index (χ0n) is 14.8. The number of rotatable bonds is 6. The lowest BCUT2D eigenvalue weighted by molar-refractivity contribution is -0.169. The summed E-state index contributed by atoms with van der Waals surface area (Å²) in [5.41, 5.74) is 0.189. The van der Waals surface area contributed by atoms with Gasteiger partial charge in [0.15, 0.2) is 5.78 Å². The minimum atomic E-state index is -0.351. The summed E-state index contributed by atoms with van der Waals surface area (Å²) in [7, 11) is 0. The van der Waals surface area contributed by atoms with Crippen LogP contribution in [0.3, 0.4) is 0 Å². The third-order valence-electron chi connectivity index (χ3n) is 6.37. The van der Waals surface area contributed by atoms with Gasteiger partial charge in [0.1, 0.15) is 5.82 Å². The quantitative estimate of drug-likeness (QED) is 0.278. The van der Waals surface area contributed by atoms with Gasteiger partial charge in [-0.25, -0.2) is 4.39 Å². The van der Waals surface area contributed by atoms with Crippen LogP contribution < -0.4 is 0 Å². The van der Waals surface area contributed by atoms with Crippen LogP contribution in [0.2, 0.25) is 0 Å². The highest BCUT2D eigenvalue weighted by atomic mass is 79.9. The van der Waals surface area contributed by atoms with Crippen molar-refractivity contribution < 1.29 is 18.7 Å². The molecule has 1 aromatic rings. The Morgan fingerprint density at radius 1 is 1.12 bits per heavy atom. The summed E-state index contributed by atoms with van der Waals surface area (Å²) < 4.78 is 18.6. The number of hydrogen-bond acceptors (Lipinski definition) is 3. The summed E-state index contributed by atoms with van der Waals surface area (Å²) in [5.74, 6) is 0.821. The number of Topliss-reactive ketones (excluding diaryl/α,β-unsaturated/α-hetero) is 1. The van der Waals surface area contributed by atoms with Gasteiger partial charge >= 0.3 is 5.97 Å². The maximum atomic E-state index is 12.9. The van der Waals surface area contributed by atoms with E-state index in [2.05, 4.69) is 15.9 Å². The first-order valence-electron chi connectivity index (χ1n) is 9.52. The average molecular weight is 423 g/mol. The monoisotopic (exact) mass is 422 g/mol. The number of ketones is 1. The fraction of sp³-hybridized carbons (Fsp3) is 0.619. The molecule has 0 heterocycles. The highest BCUT2D eigenvalue weighted by Gasteiger charge is 2.60. The van der Waals surface area contributed by atoms with E-state index in [0.29, 0.717) is 30.2 Å². The van der Waals surface area contributed by atoms with Crippen LogP contribution in [0.15, 0.2) is 24.3 Å². The Morgan fingerprint density at radius 3 is 2.38 bits per heavy atom. The first kappa shape index (κ1) is 18.1. The minimum Gasteiger partial charge on any atom is -0.465 e. The molecule has 0 amide bonds. The number of benzene rings is 1. The van der Waals surface area contributed by atoms with Crippen LogP contribution in [-0.2, 0) is 9.53 Å². The molecule has 0 unspecified atom stereocenters. The topological polar surface area (TPSA) is 43.4 Å². The molecule has 0 N–H and O–H groups in total. The third kappa shape index (κ3) is 3.47. The van der Waals surface area contributed by atoms with E-state index in [-0.39, 0.29) is 33.9 Å². The highest BCUT2D eigenvalue weighted by Crippen LogP contribution is 2.64. The molecule has 5 heteroatoms. The molecule has 140 valence electrons. The van der Waals surface area contributed by atoms with Crippen molar-refractivity contribution >= 4 is 27.7 Å². The van der Waals surface area contributed by atoms with Gasteiger partial charge in [-0.2, -0.15) is 0 Å². The van der Waals surface area contributed by atoms with Crippen molar-refractivity contribution in [3.05, 3.63) is 35.6 Å². The van der Waals surface area contributed by atoms with Crippen molar-refractivity contribution in [2.24, 2.45) is 17.3 Å². The molecular weight excluding hydrogens is 399 g/mol. The Labute approximate surface area is 161 Å². The predicted molar refractivity (Wildman–Crippen MR) is 99.7 cm³/mol. The third-order valence-corrected chi connectivity index (χ3v) is 7.30. The fourth-order valence-electron chi connectivity index (χ4n) is 5.72. The SMILES string of the molecule is O=C(CCCOC(=O)C12C[C@H]3C[C@@H](CC(Br)(C3)C1)C2)c1ccc(F)cc1. The fourth-order valence-corrected chi connectivity index (χ4v) is 7.17. The van der Waals surface area contributed by atoms with E-state index in [4.69, 9.17) is 4.74 Å². The number of ether oxygens (including phenoxy) is 1. The molecule has 0 saturated heterocycles. The minimum absolute atomic E-state index is 0.0461. The Bertz CT molecular complexity index is 700. The van der Waals surface area contributed by atoms with E-state index in [9.17, 15) is 14.0 Å². The predicted octanol–water partition coefficient (Wildman–Crippen LogP) is 5.07. The van der Waals surface area contributed by atoms with Gasteiger partial charge in [-0.3, -0.25) is 9.59 Å². The van der Waals surface area contributed by atoms with E-state index in [1.54, 1.807) is 0 Å². The zero-order valence-corrected chi connectivity index (χ0v) is 16.4. The van der Waals surface area contributed by atoms with Crippen molar-refractivity contribution in [3.8, 4) is 0 Å². The molecule has 4 aliphatic carbocycles. The lowest BCUT2D eigenvalue weighted by Crippen LogP contribution is -2.56. The van der Waals surface area contributed by atoms with E-state index in [0.717, 1.165) is 19.3 Å². The van der Waals surface area contributed by atoms with Crippen LogP contribution in [0.1, 0.15) is 61.7 Å². The summed E-state index contributed by atoms with van der Waals surface area (Å²) >= 11 is 3.91. The average Bonchev–Trinajstić information content (AvgIpc) is 2.56. The molecule has 0 aliphatic heterocycles. The highest BCUT2D eigenvalue weighted by molar-refractivity contribution is 9.10. The van der Waals surface area contributed by atoms with Gasteiger partial charge in [-0.1, -0.05) is 15.9 Å². The van der Waals surface area contributed by atoms with Gasteiger partial charge in [-0.05, 0) is 81.0 Å². The largest absolute Gasteiger partial charge is 0.465 e. The van der Waals surface area contributed by atoms with Crippen LogP contribution in [0.5, 0.6) is 0 Å². The molecule has 0 radical (unpaired) electrons. The van der Waals surface area contributed by atoms with Crippen LogP contribution in [0, 0.1) is 23.1 Å². The van der Waals surface area contributed by atoms with Gasteiger partial charge in [0.2, 0.25) is 0 Å². The molecule has 2 atom stereocenters. The van der Waals surface area contributed by atoms with Crippen LogP contribution in [0.25, 0.3) is 0 Å². The maximum absolute atomic E-state index is 12.9. The van der Waals surface area contributed by atoms with Gasteiger partial charge in [-0.15, -0.1) is 0 Å². The molecule has 4 fully saturated rings. The number of carbonyl (C=O) groups excluding carboxylic acids is 2. The van der Waals surface area contributed by atoms with Crippen molar-refractivity contribution in [2.45, 2.75) is 55.7 Å². The first-order chi connectivity index (χ1) is 12.4. The molecule has 1 aromatic carbocycles. The standard InChI is InChI=1S/C21H24BrFO3/c22-21-11-14-8-15(12-21)10-20(9-14,13-21)19(25)26-7-1-2-18(24)16-3-5-17(23)6-4-16/h3-6,14-15H,1-2,7-13H2/t14-,15-,20?,21?/m1/s1. The van der Waals surface area contributed by atoms with E-state index in [1.165, 1.54) is 43.5 Å². The molecule has 4 bridgehead atoms. The Kier molecular flexibility index (Phi) is 4.70. The van der Waals surface area contributed by atoms with Crippen molar-refractivity contribution in [3.63, 3.8) is 0 Å². The normalized spacial score (nSPS) is 34.7. The van der Waals surface area contributed by atoms with Gasteiger partial charge in [0.05, 0.1) is 12.0 Å². The van der Waals surface area contributed by atoms with E-state index < -0.39 is 0 Å². The van der Waals surface area contributed by atoms with Crippen molar-refractivity contribution in [1.29, 1.82) is 0 Å². The molecule has 26 heavy (non-hydrogen) atoms. The molecule has 0 aromatic heterocycles. The van der Waals surface area contributed by atoms with Crippen molar-refractivity contribution in [2.75, 3.05) is 6.61 Å². The molecule has 4 saturated carbocycles. The van der Waals surface area contributed by atoms with Crippen molar-refractivity contribution in [1.82, 2.24) is 0 Å². The lowest BCUT2D eigenvalue weighted by atomic mass is 9.49. The van der Waals surface area contributed by atoms with Crippen LogP contribution >= 0.6 is 15.9 Å². The maximum Gasteiger partial charge on any atom is 0.312 e.